The van der Waals surface area contributed by atoms with Gasteiger partial charge in [0.25, 0.3) is 5.97 Å². The predicted octanol–water partition coefficient (Wildman–Crippen LogP) is 6.16. The maximum atomic E-state index is 10.6. The summed E-state index contributed by atoms with van der Waals surface area (Å²) < 4.78 is 17.3. The van der Waals surface area contributed by atoms with E-state index >= 15 is 0 Å². The van der Waals surface area contributed by atoms with Gasteiger partial charge in [0.1, 0.15) is 0 Å². The molecule has 0 heterocycles. The molecule has 0 aromatic rings. The molecular formula is C22H43NO4. The Balaban J connectivity index is 3.91. The molecule has 27 heavy (non-hydrogen) atoms. The maximum Gasteiger partial charge on any atom is 0.282 e. The minimum atomic E-state index is -0.864. The van der Waals surface area contributed by atoms with Crippen molar-refractivity contribution in [2.75, 3.05) is 19.8 Å². The van der Waals surface area contributed by atoms with E-state index in [1.165, 1.54) is 32.1 Å². The molecule has 5 heteroatoms. The topological polar surface area (TPSA) is 57.1 Å². The summed E-state index contributed by atoms with van der Waals surface area (Å²) >= 11 is 0. The van der Waals surface area contributed by atoms with E-state index in [0.717, 1.165) is 44.9 Å². The number of nitrogens with zero attached hydrogens (tertiary/aromatic N) is 1. The Morgan fingerprint density at radius 2 is 1.22 bits per heavy atom. The maximum absolute atomic E-state index is 10.6. The summed E-state index contributed by atoms with van der Waals surface area (Å²) in [6.07, 6.45) is 15.1. The summed E-state index contributed by atoms with van der Waals surface area (Å²) in [5.74, 6) is -0.864. The third-order valence-corrected chi connectivity index (χ3v) is 4.74. The van der Waals surface area contributed by atoms with Crippen LogP contribution >= 0.6 is 0 Å². The Bertz CT molecular complexity index is 352. The Morgan fingerprint density at radius 3 is 1.70 bits per heavy atom. The van der Waals surface area contributed by atoms with E-state index < -0.39 is 5.97 Å². The molecule has 0 saturated heterocycles. The molecular weight excluding hydrogens is 342 g/mol. The Hall–Kier alpha value is -0.740. The molecule has 0 rings (SSSR count). The van der Waals surface area contributed by atoms with Gasteiger partial charge in [-0.3, -0.25) is 0 Å². The van der Waals surface area contributed by atoms with Crippen LogP contribution in [0.1, 0.15) is 105 Å². The van der Waals surface area contributed by atoms with Crippen molar-refractivity contribution in [2.45, 2.75) is 117 Å². The predicted molar refractivity (Wildman–Crippen MR) is 111 cm³/mol. The molecule has 0 aromatic heterocycles. The highest BCUT2D eigenvalue weighted by Crippen LogP contribution is 2.24. The number of aliphatic imine (C=N–C) groups is 1. The van der Waals surface area contributed by atoms with E-state index in [1.807, 2.05) is 20.8 Å². The normalized spacial score (nSPS) is 12.7. The van der Waals surface area contributed by atoms with Crippen molar-refractivity contribution < 1.29 is 19.0 Å². The summed E-state index contributed by atoms with van der Waals surface area (Å²) in [6.45, 7) is 9.86. The molecule has 0 fully saturated rings. The average Bonchev–Trinajstić information content (AvgIpc) is 2.64. The van der Waals surface area contributed by atoms with Gasteiger partial charge in [-0.2, -0.15) is 0 Å². The number of hydrogen-bond donors (Lipinski definition) is 0. The first-order valence-electron chi connectivity index (χ1n) is 11.2. The first kappa shape index (κ1) is 26.3. The molecule has 0 saturated carbocycles. The van der Waals surface area contributed by atoms with Crippen LogP contribution in [0, 0.1) is 0 Å². The van der Waals surface area contributed by atoms with E-state index in [1.54, 1.807) is 6.08 Å². The van der Waals surface area contributed by atoms with Gasteiger partial charge in [0.2, 0.25) is 6.08 Å². The van der Waals surface area contributed by atoms with E-state index in [9.17, 15) is 4.79 Å². The second-order valence-electron chi connectivity index (χ2n) is 7.01. The fraction of sp³-hybridized carbons (Fsp3) is 0.955. The molecule has 0 aromatic carbocycles. The van der Waals surface area contributed by atoms with Crippen molar-refractivity contribution >= 4 is 6.08 Å². The van der Waals surface area contributed by atoms with Gasteiger partial charge in [-0.05, 0) is 40.0 Å². The van der Waals surface area contributed by atoms with Crippen LogP contribution in [0.5, 0.6) is 0 Å². The first-order chi connectivity index (χ1) is 13.2. The number of carbonyl (C=O) groups excluding carboxylic acids is 1. The van der Waals surface area contributed by atoms with E-state index in [-0.39, 0.29) is 6.04 Å². The quantitative estimate of drug-likeness (QED) is 0.109. The van der Waals surface area contributed by atoms with Crippen LogP contribution < -0.4 is 0 Å². The molecule has 0 aliphatic carbocycles. The lowest BCUT2D eigenvalue weighted by atomic mass is 10.0. The van der Waals surface area contributed by atoms with E-state index in [0.29, 0.717) is 19.8 Å². The van der Waals surface area contributed by atoms with E-state index in [4.69, 9.17) is 14.2 Å². The van der Waals surface area contributed by atoms with Crippen molar-refractivity contribution in [3.8, 4) is 0 Å². The molecule has 5 nitrogen and oxygen atoms in total. The number of unbranched alkanes of at least 4 members (excludes halogenated alkanes) is 7. The second-order valence-corrected chi connectivity index (χ2v) is 7.01. The second kappa shape index (κ2) is 18.6. The van der Waals surface area contributed by atoms with Gasteiger partial charge in [-0.25, -0.2) is 9.79 Å². The van der Waals surface area contributed by atoms with Gasteiger partial charge in [0.05, 0.1) is 6.04 Å². The largest absolute Gasteiger partial charge is 0.328 e. The summed E-state index contributed by atoms with van der Waals surface area (Å²) in [5.41, 5.74) is 0. The highest BCUT2D eigenvalue weighted by Gasteiger charge is 2.31. The zero-order valence-electron chi connectivity index (χ0n) is 18.3. The molecule has 0 spiro atoms. The van der Waals surface area contributed by atoms with Crippen molar-refractivity contribution in [3.63, 3.8) is 0 Å². The smallest absolute Gasteiger partial charge is 0.282 e. The van der Waals surface area contributed by atoms with Crippen molar-refractivity contribution in [2.24, 2.45) is 4.99 Å². The molecule has 0 amide bonds. The van der Waals surface area contributed by atoms with Crippen LogP contribution in [0.25, 0.3) is 0 Å². The highest BCUT2D eigenvalue weighted by atomic mass is 16.9. The van der Waals surface area contributed by atoms with Crippen molar-refractivity contribution in [3.05, 3.63) is 0 Å². The van der Waals surface area contributed by atoms with Crippen LogP contribution in [-0.4, -0.2) is 37.9 Å². The highest BCUT2D eigenvalue weighted by molar-refractivity contribution is 5.33. The van der Waals surface area contributed by atoms with Gasteiger partial charge in [0, 0.05) is 26.2 Å². The van der Waals surface area contributed by atoms with Gasteiger partial charge in [-0.1, -0.05) is 58.3 Å². The molecule has 1 unspecified atom stereocenters. The zero-order valence-corrected chi connectivity index (χ0v) is 18.3. The summed E-state index contributed by atoms with van der Waals surface area (Å²) in [4.78, 5) is 14.5. The number of isocyanates is 1. The van der Waals surface area contributed by atoms with Crippen LogP contribution in [-0.2, 0) is 19.0 Å². The van der Waals surface area contributed by atoms with E-state index in [2.05, 4.69) is 11.9 Å². The monoisotopic (exact) mass is 385 g/mol. The lowest BCUT2D eigenvalue weighted by molar-refractivity contribution is -0.380. The fourth-order valence-electron chi connectivity index (χ4n) is 3.41. The molecule has 0 radical (unpaired) electrons. The van der Waals surface area contributed by atoms with Gasteiger partial charge in [-0.15, -0.1) is 0 Å². The summed E-state index contributed by atoms with van der Waals surface area (Å²) in [6, 6.07) is 0.179. The molecule has 0 bridgehead atoms. The van der Waals surface area contributed by atoms with Crippen LogP contribution in [0.4, 0.5) is 0 Å². The third kappa shape index (κ3) is 14.0. The summed E-state index contributed by atoms with van der Waals surface area (Å²) in [5, 5.41) is 0. The molecule has 0 aliphatic rings. The molecule has 0 N–H and O–H groups in total. The number of ether oxygens (including phenoxy) is 3. The Kier molecular flexibility index (Phi) is 18.1. The van der Waals surface area contributed by atoms with Gasteiger partial charge in [0.15, 0.2) is 0 Å². The number of hydrogen-bond acceptors (Lipinski definition) is 5. The van der Waals surface area contributed by atoms with Crippen molar-refractivity contribution in [1.29, 1.82) is 0 Å². The average molecular weight is 386 g/mol. The standard InChI is InChI=1S/C22H43NO4/c1-5-9-14-17-21(23-20-24)18-15-12-10-11-13-16-19-22(25-6-2,26-7-3)27-8-4/h21H,5-19H2,1-4H3. The van der Waals surface area contributed by atoms with Crippen LogP contribution in [0.15, 0.2) is 4.99 Å². The fourth-order valence-corrected chi connectivity index (χ4v) is 3.41. The minimum Gasteiger partial charge on any atom is -0.328 e. The van der Waals surface area contributed by atoms with Crippen LogP contribution in [0.3, 0.4) is 0 Å². The first-order valence-corrected chi connectivity index (χ1v) is 11.2. The Morgan fingerprint density at radius 1 is 0.741 bits per heavy atom. The molecule has 1 atom stereocenters. The zero-order chi connectivity index (χ0) is 20.2. The lowest BCUT2D eigenvalue weighted by Gasteiger charge is -2.32. The summed E-state index contributed by atoms with van der Waals surface area (Å²) in [7, 11) is 0. The Labute approximate surface area is 167 Å². The molecule has 0 aliphatic heterocycles. The van der Waals surface area contributed by atoms with Crippen molar-refractivity contribution in [1.82, 2.24) is 0 Å². The molecule has 160 valence electrons. The van der Waals surface area contributed by atoms with Crippen LogP contribution in [0.2, 0.25) is 0 Å². The third-order valence-electron chi connectivity index (χ3n) is 4.74. The minimum absolute atomic E-state index is 0.179. The lowest BCUT2D eigenvalue weighted by Crippen LogP contribution is -2.39. The SMILES string of the molecule is CCCCCC(CCCCCCCCC(OCC)(OCC)OCC)N=C=O. The van der Waals surface area contributed by atoms with Gasteiger partial charge < -0.3 is 14.2 Å². The number of rotatable bonds is 20. The van der Waals surface area contributed by atoms with Gasteiger partial charge >= 0.3 is 0 Å².